The molecule has 0 radical (unpaired) electrons. The number of hydrogen-bond acceptors (Lipinski definition) is 3. The Bertz CT molecular complexity index is 860. The highest BCUT2D eigenvalue weighted by Gasteiger charge is 2.35. The summed E-state index contributed by atoms with van der Waals surface area (Å²) in [6.07, 6.45) is 4.77. The molecule has 3 rings (SSSR count). The van der Waals surface area contributed by atoms with Crippen LogP contribution in [0.15, 0.2) is 42.5 Å². The average molecular weight is 511 g/mol. The lowest BCUT2D eigenvalue weighted by Crippen LogP contribution is -2.46. The third-order valence-electron chi connectivity index (χ3n) is 7.15. The molecule has 1 N–H and O–H groups in total. The monoisotopic (exact) mass is 509 g/mol. The summed E-state index contributed by atoms with van der Waals surface area (Å²) in [7, 11) is 0. The Morgan fingerprint density at radius 3 is 2.32 bits per heavy atom. The van der Waals surface area contributed by atoms with Crippen LogP contribution in [0.2, 0.25) is 0 Å². The van der Waals surface area contributed by atoms with Crippen LogP contribution in [0.4, 0.5) is 0 Å². The number of nitrogens with zero attached hydrogens (tertiary/aromatic N) is 2. The van der Waals surface area contributed by atoms with Gasteiger partial charge in [-0.1, -0.05) is 70.2 Å². The Morgan fingerprint density at radius 2 is 1.68 bits per heavy atom. The molecule has 0 spiro atoms. The van der Waals surface area contributed by atoms with Gasteiger partial charge in [-0.15, -0.1) is 24.8 Å². The second-order valence-electron chi connectivity index (χ2n) is 9.94. The number of carbonyl (C=O) groups is 1. The maximum Gasteiger partial charge on any atom is 0.234 e. The van der Waals surface area contributed by atoms with Gasteiger partial charge < -0.3 is 10.2 Å². The number of carbonyl (C=O) groups excluding carboxylic acids is 1. The zero-order valence-corrected chi connectivity index (χ0v) is 23.1. The summed E-state index contributed by atoms with van der Waals surface area (Å²) < 4.78 is 0. The van der Waals surface area contributed by atoms with Crippen molar-refractivity contribution in [2.45, 2.75) is 58.8 Å². The number of fused-ring (bicyclic) bond motifs is 1. The number of likely N-dealkylation sites (N-methyl/N-ethyl adjacent to an activating group) is 1. The Balaban J connectivity index is 0.00000289. The van der Waals surface area contributed by atoms with Crippen LogP contribution < -0.4 is 5.32 Å². The van der Waals surface area contributed by atoms with Gasteiger partial charge in [-0.2, -0.15) is 0 Å². The molecular weight excluding hydrogens is 465 g/mol. The first-order chi connectivity index (χ1) is 15.5. The topological polar surface area (TPSA) is 35.6 Å². The second-order valence-corrected chi connectivity index (χ2v) is 9.94. The Hall–Kier alpha value is -1.33. The molecular formula is C28H45Cl2N3O. The molecule has 1 aliphatic rings. The van der Waals surface area contributed by atoms with Crippen LogP contribution in [0.25, 0.3) is 10.8 Å². The van der Waals surface area contributed by atoms with Gasteiger partial charge in [0.05, 0.1) is 6.54 Å². The highest BCUT2D eigenvalue weighted by Crippen LogP contribution is 2.39. The number of rotatable bonds is 12. The van der Waals surface area contributed by atoms with E-state index in [2.05, 4.69) is 85.3 Å². The molecule has 1 aliphatic heterocycles. The van der Waals surface area contributed by atoms with Crippen LogP contribution in [0.3, 0.4) is 0 Å². The molecule has 1 amide bonds. The summed E-state index contributed by atoms with van der Waals surface area (Å²) in [5.74, 6) is 0.690. The molecule has 34 heavy (non-hydrogen) atoms. The Kier molecular flexibility index (Phi) is 13.5. The van der Waals surface area contributed by atoms with E-state index in [-0.39, 0.29) is 36.1 Å². The summed E-state index contributed by atoms with van der Waals surface area (Å²) in [6.45, 7) is 15.4. The quantitative estimate of drug-likeness (QED) is 0.386. The van der Waals surface area contributed by atoms with Crippen LogP contribution in [-0.2, 0) is 10.2 Å². The van der Waals surface area contributed by atoms with Gasteiger partial charge >= 0.3 is 0 Å². The minimum atomic E-state index is -0.0729. The van der Waals surface area contributed by atoms with Crippen molar-refractivity contribution in [3.8, 4) is 0 Å². The van der Waals surface area contributed by atoms with Crippen LogP contribution in [0, 0.1) is 5.92 Å². The molecule has 6 heteroatoms. The molecule has 2 aromatic rings. The fourth-order valence-corrected chi connectivity index (χ4v) is 5.42. The predicted molar refractivity (Wildman–Crippen MR) is 151 cm³/mol. The summed E-state index contributed by atoms with van der Waals surface area (Å²) in [5.41, 5.74) is 1.32. The van der Waals surface area contributed by atoms with Crippen molar-refractivity contribution in [3.05, 3.63) is 48.0 Å². The summed E-state index contributed by atoms with van der Waals surface area (Å²) in [5, 5.41) is 5.98. The SMILES string of the molecule is CCN(CC)CC(=O)NCC(CCN1CCCC1)(CC(C)C)c1cccc2ccccc12.Cl.Cl. The van der Waals surface area contributed by atoms with E-state index in [1.54, 1.807) is 0 Å². The summed E-state index contributed by atoms with van der Waals surface area (Å²) >= 11 is 0. The van der Waals surface area contributed by atoms with Gasteiger partial charge in [-0.3, -0.25) is 9.69 Å². The summed E-state index contributed by atoms with van der Waals surface area (Å²) in [4.78, 5) is 17.7. The van der Waals surface area contributed by atoms with E-state index in [0.29, 0.717) is 19.0 Å². The third kappa shape index (κ3) is 8.12. The van der Waals surface area contributed by atoms with Crippen molar-refractivity contribution >= 4 is 41.5 Å². The van der Waals surface area contributed by atoms with E-state index < -0.39 is 0 Å². The van der Waals surface area contributed by atoms with Crippen molar-refractivity contribution < 1.29 is 4.79 Å². The van der Waals surface area contributed by atoms with Crippen molar-refractivity contribution in [2.75, 3.05) is 45.8 Å². The minimum absolute atomic E-state index is 0. The van der Waals surface area contributed by atoms with Crippen molar-refractivity contribution in [1.29, 1.82) is 0 Å². The maximum atomic E-state index is 12.9. The van der Waals surface area contributed by atoms with Gasteiger partial charge in [0.2, 0.25) is 5.91 Å². The number of amides is 1. The zero-order valence-electron chi connectivity index (χ0n) is 21.5. The van der Waals surface area contributed by atoms with Gasteiger partial charge in [0.25, 0.3) is 0 Å². The largest absolute Gasteiger partial charge is 0.354 e. The van der Waals surface area contributed by atoms with Crippen molar-refractivity contribution in [3.63, 3.8) is 0 Å². The predicted octanol–water partition coefficient (Wildman–Crippen LogP) is 5.91. The van der Waals surface area contributed by atoms with Crippen LogP contribution >= 0.6 is 24.8 Å². The number of nitrogens with one attached hydrogen (secondary N) is 1. The Morgan fingerprint density at radius 1 is 1.03 bits per heavy atom. The second kappa shape index (κ2) is 14.9. The van der Waals surface area contributed by atoms with E-state index in [1.807, 2.05) is 0 Å². The van der Waals surface area contributed by atoms with E-state index >= 15 is 0 Å². The van der Waals surface area contributed by atoms with E-state index in [1.165, 1.54) is 42.3 Å². The minimum Gasteiger partial charge on any atom is -0.354 e. The molecule has 1 atom stereocenters. The van der Waals surface area contributed by atoms with E-state index in [9.17, 15) is 4.79 Å². The average Bonchev–Trinajstić information content (AvgIpc) is 3.32. The van der Waals surface area contributed by atoms with Gasteiger partial charge in [0.15, 0.2) is 0 Å². The zero-order chi connectivity index (χ0) is 23.0. The van der Waals surface area contributed by atoms with E-state index in [4.69, 9.17) is 0 Å². The number of benzene rings is 2. The molecule has 1 heterocycles. The third-order valence-corrected chi connectivity index (χ3v) is 7.15. The fourth-order valence-electron chi connectivity index (χ4n) is 5.42. The standard InChI is InChI=1S/C28H43N3O.2ClH/c1-5-30(6-2)21-27(32)29-22-28(20-23(3)4,16-19-31-17-9-10-18-31)26-15-11-13-24-12-7-8-14-25(24)26;;/h7-8,11-15,23H,5-6,9-10,16-22H2,1-4H3,(H,29,32);2*1H. The number of halogens is 2. The lowest BCUT2D eigenvalue weighted by Gasteiger charge is -2.38. The molecule has 0 aromatic heterocycles. The summed E-state index contributed by atoms with van der Waals surface area (Å²) in [6, 6.07) is 15.4. The molecule has 0 saturated carbocycles. The van der Waals surface area contributed by atoms with Crippen LogP contribution in [0.5, 0.6) is 0 Å². The normalized spacial score (nSPS) is 15.7. The first-order valence-corrected chi connectivity index (χ1v) is 12.7. The smallest absolute Gasteiger partial charge is 0.234 e. The molecule has 0 bridgehead atoms. The number of hydrogen-bond donors (Lipinski definition) is 1. The maximum absolute atomic E-state index is 12.9. The number of likely N-dealkylation sites (tertiary alicyclic amines) is 1. The van der Waals surface area contributed by atoms with Crippen LogP contribution in [-0.4, -0.2) is 61.5 Å². The first-order valence-electron chi connectivity index (χ1n) is 12.7. The lowest BCUT2D eigenvalue weighted by atomic mass is 9.70. The van der Waals surface area contributed by atoms with Gasteiger partial charge in [0.1, 0.15) is 0 Å². The highest BCUT2D eigenvalue weighted by molar-refractivity contribution is 5.87. The van der Waals surface area contributed by atoms with Crippen molar-refractivity contribution in [2.24, 2.45) is 5.92 Å². The Labute approximate surface area is 219 Å². The lowest BCUT2D eigenvalue weighted by molar-refractivity contribution is -0.122. The van der Waals surface area contributed by atoms with Crippen LogP contribution in [0.1, 0.15) is 58.9 Å². The molecule has 0 aliphatic carbocycles. The first kappa shape index (κ1) is 30.7. The van der Waals surface area contributed by atoms with Crippen molar-refractivity contribution in [1.82, 2.24) is 15.1 Å². The molecule has 1 unspecified atom stereocenters. The fraction of sp³-hybridized carbons (Fsp3) is 0.607. The molecule has 192 valence electrons. The van der Waals surface area contributed by atoms with Gasteiger partial charge in [-0.05, 0) is 80.7 Å². The molecule has 2 aromatic carbocycles. The van der Waals surface area contributed by atoms with E-state index in [0.717, 1.165) is 32.5 Å². The van der Waals surface area contributed by atoms with Gasteiger partial charge in [0, 0.05) is 12.0 Å². The van der Waals surface area contributed by atoms with Gasteiger partial charge in [-0.25, -0.2) is 0 Å². The highest BCUT2D eigenvalue weighted by atomic mass is 35.5. The molecule has 4 nitrogen and oxygen atoms in total. The molecule has 1 fully saturated rings. The molecule has 1 saturated heterocycles.